The summed E-state index contributed by atoms with van der Waals surface area (Å²) in [4.78, 5) is 38.1. The van der Waals surface area contributed by atoms with Crippen LogP contribution >= 0.6 is 0 Å². The smallest absolute Gasteiger partial charge is 0.344 e. The normalized spacial score (nSPS) is 17.9. The van der Waals surface area contributed by atoms with Crippen molar-refractivity contribution in [2.45, 2.75) is 19.1 Å². The van der Waals surface area contributed by atoms with Crippen molar-refractivity contribution in [3.05, 3.63) is 102 Å². The molecule has 3 aromatic carbocycles. The summed E-state index contributed by atoms with van der Waals surface area (Å²) in [6, 6.07) is 24.4. The zero-order chi connectivity index (χ0) is 21.8. The topological polar surface area (TPSA) is 87.7 Å². The quantitative estimate of drug-likeness (QED) is 0.604. The van der Waals surface area contributed by atoms with Gasteiger partial charge in [-0.3, -0.25) is 15.0 Å². The van der Waals surface area contributed by atoms with Gasteiger partial charge < -0.3 is 10.1 Å². The molecule has 1 atom stereocenters. The van der Waals surface area contributed by atoms with Crippen molar-refractivity contribution in [1.82, 2.24) is 15.8 Å². The van der Waals surface area contributed by atoms with Crippen LogP contribution in [0.25, 0.3) is 0 Å². The van der Waals surface area contributed by atoms with Gasteiger partial charge >= 0.3 is 6.03 Å². The van der Waals surface area contributed by atoms with Crippen LogP contribution in [-0.2, 0) is 16.9 Å². The molecule has 0 spiro atoms. The van der Waals surface area contributed by atoms with Crippen molar-refractivity contribution in [2.24, 2.45) is 0 Å². The first-order valence-electron chi connectivity index (χ1n) is 9.77. The molecule has 31 heavy (non-hydrogen) atoms. The van der Waals surface area contributed by atoms with E-state index in [-0.39, 0.29) is 5.56 Å². The standard InChI is InChI=1S/C24H21N3O4/c1-24(19-12-6-3-7-13-19)22(29)27(23(30)25-24)26-21(28)18-11-8-14-20(15-18)31-16-17-9-4-2-5-10-17/h2-15H,16H2,1H3,(H,25,30)(H,26,28). The zero-order valence-electron chi connectivity index (χ0n) is 16.9. The van der Waals surface area contributed by atoms with Gasteiger partial charge in [0.2, 0.25) is 0 Å². The number of amides is 4. The average molecular weight is 415 g/mol. The number of ether oxygens (including phenoxy) is 1. The molecular weight excluding hydrogens is 394 g/mol. The molecule has 1 fully saturated rings. The van der Waals surface area contributed by atoms with Crippen LogP contribution < -0.4 is 15.5 Å². The van der Waals surface area contributed by atoms with Crippen LogP contribution in [0.3, 0.4) is 0 Å². The molecule has 1 heterocycles. The number of hydrogen-bond acceptors (Lipinski definition) is 4. The lowest BCUT2D eigenvalue weighted by molar-refractivity contribution is -0.132. The largest absolute Gasteiger partial charge is 0.489 e. The Morgan fingerprint density at radius 2 is 1.65 bits per heavy atom. The molecule has 2 N–H and O–H groups in total. The highest BCUT2D eigenvalue weighted by Gasteiger charge is 2.50. The van der Waals surface area contributed by atoms with Gasteiger partial charge in [0.1, 0.15) is 17.9 Å². The third-order valence-corrected chi connectivity index (χ3v) is 5.10. The van der Waals surface area contributed by atoms with Gasteiger partial charge in [0.15, 0.2) is 0 Å². The molecule has 1 unspecified atom stereocenters. The minimum Gasteiger partial charge on any atom is -0.489 e. The Bertz CT molecular complexity index is 1120. The molecule has 156 valence electrons. The number of nitrogens with one attached hydrogen (secondary N) is 2. The summed E-state index contributed by atoms with van der Waals surface area (Å²) in [7, 11) is 0. The minimum absolute atomic E-state index is 0.263. The fourth-order valence-corrected chi connectivity index (χ4v) is 3.34. The van der Waals surface area contributed by atoms with Crippen molar-refractivity contribution in [3.63, 3.8) is 0 Å². The molecule has 0 saturated carbocycles. The van der Waals surface area contributed by atoms with Gasteiger partial charge in [-0.05, 0) is 36.2 Å². The fraction of sp³-hybridized carbons (Fsp3) is 0.125. The molecule has 0 radical (unpaired) electrons. The minimum atomic E-state index is -1.26. The molecule has 3 aromatic rings. The Hall–Kier alpha value is -4.13. The van der Waals surface area contributed by atoms with Crippen LogP contribution in [-0.4, -0.2) is 22.9 Å². The molecule has 0 aliphatic carbocycles. The van der Waals surface area contributed by atoms with E-state index in [1.54, 1.807) is 55.5 Å². The molecule has 4 rings (SSSR count). The first kappa shape index (κ1) is 20.2. The molecule has 1 saturated heterocycles. The van der Waals surface area contributed by atoms with Crippen molar-refractivity contribution in [1.29, 1.82) is 0 Å². The Labute approximate surface area is 179 Å². The van der Waals surface area contributed by atoms with Crippen LogP contribution in [0.2, 0.25) is 0 Å². The maximum atomic E-state index is 12.9. The number of hydrogen-bond donors (Lipinski definition) is 2. The van der Waals surface area contributed by atoms with E-state index < -0.39 is 23.4 Å². The van der Waals surface area contributed by atoms with E-state index >= 15 is 0 Å². The van der Waals surface area contributed by atoms with Crippen LogP contribution in [0, 0.1) is 0 Å². The molecule has 1 aliphatic heterocycles. The highest BCUT2D eigenvalue weighted by molar-refractivity contribution is 6.09. The van der Waals surface area contributed by atoms with E-state index in [1.807, 2.05) is 36.4 Å². The fourth-order valence-electron chi connectivity index (χ4n) is 3.34. The zero-order valence-corrected chi connectivity index (χ0v) is 16.9. The summed E-state index contributed by atoms with van der Waals surface area (Å²) in [5, 5.41) is 3.37. The van der Waals surface area contributed by atoms with Crippen LogP contribution in [0.15, 0.2) is 84.9 Å². The number of urea groups is 1. The SMILES string of the molecule is CC1(c2ccccc2)NC(=O)N(NC(=O)c2cccc(OCc3ccccc3)c2)C1=O. The van der Waals surface area contributed by atoms with Crippen molar-refractivity contribution < 1.29 is 19.1 Å². The van der Waals surface area contributed by atoms with E-state index in [0.29, 0.717) is 22.9 Å². The molecule has 0 bridgehead atoms. The second-order valence-corrected chi connectivity index (χ2v) is 7.30. The van der Waals surface area contributed by atoms with Gasteiger partial charge in [-0.1, -0.05) is 66.7 Å². The average Bonchev–Trinajstić information content (AvgIpc) is 3.03. The Balaban J connectivity index is 1.46. The molecule has 0 aromatic heterocycles. The van der Waals surface area contributed by atoms with E-state index in [1.165, 1.54) is 0 Å². The lowest BCUT2D eigenvalue weighted by Gasteiger charge is -2.22. The second-order valence-electron chi connectivity index (χ2n) is 7.30. The van der Waals surface area contributed by atoms with E-state index in [2.05, 4.69) is 10.7 Å². The summed E-state index contributed by atoms with van der Waals surface area (Å²) in [5.74, 6) is -0.651. The summed E-state index contributed by atoms with van der Waals surface area (Å²) < 4.78 is 5.75. The van der Waals surface area contributed by atoms with Crippen LogP contribution in [0.1, 0.15) is 28.4 Å². The van der Waals surface area contributed by atoms with Gasteiger partial charge in [-0.15, -0.1) is 0 Å². The Morgan fingerprint density at radius 3 is 2.35 bits per heavy atom. The predicted octanol–water partition coefficient (Wildman–Crippen LogP) is 3.38. The van der Waals surface area contributed by atoms with Crippen LogP contribution in [0.4, 0.5) is 4.79 Å². The Kier molecular flexibility index (Phi) is 5.41. The number of carbonyl (C=O) groups is 3. The molecule has 7 heteroatoms. The van der Waals surface area contributed by atoms with Crippen molar-refractivity contribution >= 4 is 17.8 Å². The molecule has 7 nitrogen and oxygen atoms in total. The predicted molar refractivity (Wildman–Crippen MR) is 114 cm³/mol. The van der Waals surface area contributed by atoms with Crippen molar-refractivity contribution in [2.75, 3.05) is 0 Å². The van der Waals surface area contributed by atoms with Gasteiger partial charge in [0, 0.05) is 5.56 Å². The summed E-state index contributed by atoms with van der Waals surface area (Å²) in [5.41, 5.74) is 3.03. The second kappa shape index (κ2) is 8.31. The van der Waals surface area contributed by atoms with E-state index in [0.717, 1.165) is 5.56 Å². The lowest BCUT2D eigenvalue weighted by atomic mass is 9.92. The van der Waals surface area contributed by atoms with Crippen molar-refractivity contribution in [3.8, 4) is 5.75 Å². The molecule has 4 amide bonds. The third-order valence-electron chi connectivity index (χ3n) is 5.10. The van der Waals surface area contributed by atoms with Gasteiger partial charge in [-0.2, -0.15) is 5.01 Å². The summed E-state index contributed by atoms with van der Waals surface area (Å²) in [6.07, 6.45) is 0. The first-order valence-corrected chi connectivity index (χ1v) is 9.77. The van der Waals surface area contributed by atoms with Crippen LogP contribution in [0.5, 0.6) is 5.75 Å². The Morgan fingerprint density at radius 1 is 0.968 bits per heavy atom. The lowest BCUT2D eigenvalue weighted by Crippen LogP contribution is -2.47. The van der Waals surface area contributed by atoms with Gasteiger partial charge in [-0.25, -0.2) is 4.79 Å². The summed E-state index contributed by atoms with van der Waals surface area (Å²) >= 11 is 0. The number of rotatable bonds is 6. The number of carbonyl (C=O) groups excluding carboxylic acids is 3. The molecular formula is C24H21N3O4. The van der Waals surface area contributed by atoms with E-state index in [4.69, 9.17) is 4.74 Å². The van der Waals surface area contributed by atoms with Gasteiger partial charge in [0.05, 0.1) is 0 Å². The first-order chi connectivity index (χ1) is 15.0. The molecule has 1 aliphatic rings. The highest BCUT2D eigenvalue weighted by atomic mass is 16.5. The van der Waals surface area contributed by atoms with E-state index in [9.17, 15) is 14.4 Å². The highest BCUT2D eigenvalue weighted by Crippen LogP contribution is 2.27. The number of nitrogens with zero attached hydrogens (tertiary/aromatic N) is 1. The maximum absolute atomic E-state index is 12.9. The monoisotopic (exact) mass is 415 g/mol. The number of benzene rings is 3. The van der Waals surface area contributed by atoms with Gasteiger partial charge in [0.25, 0.3) is 11.8 Å². The maximum Gasteiger partial charge on any atom is 0.344 e. The summed E-state index contributed by atoms with van der Waals surface area (Å²) in [6.45, 7) is 1.96. The number of hydrazine groups is 1. The number of imide groups is 1. The third kappa shape index (κ3) is 4.11.